The summed E-state index contributed by atoms with van der Waals surface area (Å²) < 4.78 is 0.925. The molecule has 0 aromatic heterocycles. The smallest absolute Gasteiger partial charge is 0.280 e. The van der Waals surface area contributed by atoms with Gasteiger partial charge in [0.2, 0.25) is 0 Å². The van der Waals surface area contributed by atoms with E-state index >= 15 is 0 Å². The molecule has 0 bridgehead atoms. The summed E-state index contributed by atoms with van der Waals surface area (Å²) in [5.74, 6) is -0.255. The average molecular weight is 320 g/mol. The van der Waals surface area contributed by atoms with Gasteiger partial charge in [0, 0.05) is 17.0 Å². The SMILES string of the molecule is O=C(Cc1ccc(Br)cc1)c1ccccc1[N+](=O)[O-]. The molecule has 19 heavy (non-hydrogen) atoms. The molecule has 0 atom stereocenters. The van der Waals surface area contributed by atoms with E-state index in [4.69, 9.17) is 0 Å². The molecule has 0 fully saturated rings. The number of para-hydroxylation sites is 1. The van der Waals surface area contributed by atoms with Gasteiger partial charge in [-0.2, -0.15) is 0 Å². The first-order valence-electron chi connectivity index (χ1n) is 5.59. The summed E-state index contributed by atoms with van der Waals surface area (Å²) in [6, 6.07) is 13.3. The van der Waals surface area contributed by atoms with Crippen molar-refractivity contribution in [3.8, 4) is 0 Å². The largest absolute Gasteiger partial charge is 0.294 e. The Bertz CT molecular complexity index is 623. The van der Waals surface area contributed by atoms with Crippen LogP contribution < -0.4 is 0 Å². The molecule has 0 amide bonds. The van der Waals surface area contributed by atoms with Gasteiger partial charge in [0.05, 0.1) is 10.5 Å². The van der Waals surface area contributed by atoms with Crippen molar-refractivity contribution in [1.29, 1.82) is 0 Å². The maximum atomic E-state index is 12.1. The van der Waals surface area contributed by atoms with Gasteiger partial charge in [0.15, 0.2) is 5.78 Å². The van der Waals surface area contributed by atoms with Crippen LogP contribution in [0.25, 0.3) is 0 Å². The Hall–Kier alpha value is -2.01. The van der Waals surface area contributed by atoms with Gasteiger partial charge < -0.3 is 0 Å². The van der Waals surface area contributed by atoms with E-state index < -0.39 is 4.92 Å². The van der Waals surface area contributed by atoms with Gasteiger partial charge in [-0.3, -0.25) is 14.9 Å². The highest BCUT2D eigenvalue weighted by Gasteiger charge is 2.18. The number of hydrogen-bond acceptors (Lipinski definition) is 3. The highest BCUT2D eigenvalue weighted by Crippen LogP contribution is 2.20. The topological polar surface area (TPSA) is 60.2 Å². The van der Waals surface area contributed by atoms with Crippen molar-refractivity contribution < 1.29 is 9.72 Å². The summed E-state index contributed by atoms with van der Waals surface area (Å²) in [5.41, 5.74) is 0.825. The Balaban J connectivity index is 2.25. The molecule has 0 aliphatic rings. The van der Waals surface area contributed by atoms with Crippen LogP contribution in [-0.4, -0.2) is 10.7 Å². The number of nitrogens with zero attached hydrogens (tertiary/aromatic N) is 1. The number of nitro groups is 1. The van der Waals surface area contributed by atoms with Gasteiger partial charge in [-0.15, -0.1) is 0 Å². The number of benzene rings is 2. The highest BCUT2D eigenvalue weighted by atomic mass is 79.9. The van der Waals surface area contributed by atoms with Gasteiger partial charge in [0.25, 0.3) is 5.69 Å². The van der Waals surface area contributed by atoms with Crippen molar-refractivity contribution in [1.82, 2.24) is 0 Å². The van der Waals surface area contributed by atoms with E-state index in [1.807, 2.05) is 24.3 Å². The number of nitro benzene ring substituents is 1. The molecule has 0 N–H and O–H groups in total. The van der Waals surface area contributed by atoms with E-state index in [0.29, 0.717) is 0 Å². The molecule has 0 saturated carbocycles. The van der Waals surface area contributed by atoms with Crippen LogP contribution in [0, 0.1) is 10.1 Å². The zero-order valence-electron chi connectivity index (χ0n) is 9.88. The van der Waals surface area contributed by atoms with Gasteiger partial charge >= 0.3 is 0 Å². The molecule has 0 aliphatic heterocycles. The summed E-state index contributed by atoms with van der Waals surface area (Å²) in [6.07, 6.45) is 0.151. The molecule has 0 radical (unpaired) electrons. The van der Waals surface area contributed by atoms with Crippen LogP contribution in [0.15, 0.2) is 53.0 Å². The fourth-order valence-electron chi connectivity index (χ4n) is 1.75. The number of carbonyl (C=O) groups is 1. The lowest BCUT2D eigenvalue weighted by molar-refractivity contribution is -0.385. The number of Topliss-reactive ketones (excluding diaryl/α,β-unsaturated/α-hetero) is 1. The quantitative estimate of drug-likeness (QED) is 0.489. The molecular weight excluding hydrogens is 310 g/mol. The van der Waals surface area contributed by atoms with Crippen LogP contribution in [0.2, 0.25) is 0 Å². The normalized spacial score (nSPS) is 10.2. The standard InChI is InChI=1S/C14H10BrNO3/c15-11-7-5-10(6-8-11)9-14(17)12-3-1-2-4-13(12)16(18)19/h1-8H,9H2. The van der Waals surface area contributed by atoms with Crippen molar-refractivity contribution in [2.24, 2.45) is 0 Å². The molecule has 2 aromatic rings. The molecule has 2 rings (SSSR count). The van der Waals surface area contributed by atoms with E-state index in [1.165, 1.54) is 12.1 Å². The number of carbonyl (C=O) groups excluding carboxylic acids is 1. The predicted molar refractivity (Wildman–Crippen MR) is 75.3 cm³/mol. The van der Waals surface area contributed by atoms with Crippen molar-refractivity contribution in [2.75, 3.05) is 0 Å². The number of halogens is 1. The fraction of sp³-hybridized carbons (Fsp3) is 0.0714. The third kappa shape index (κ3) is 3.26. The molecule has 96 valence electrons. The van der Waals surface area contributed by atoms with Crippen molar-refractivity contribution >= 4 is 27.4 Å². The molecule has 0 aliphatic carbocycles. The zero-order chi connectivity index (χ0) is 13.8. The van der Waals surface area contributed by atoms with Crippen LogP contribution >= 0.6 is 15.9 Å². The number of ketones is 1. The lowest BCUT2D eigenvalue weighted by atomic mass is 10.0. The Morgan fingerprint density at radius 1 is 1.11 bits per heavy atom. The molecule has 2 aromatic carbocycles. The van der Waals surface area contributed by atoms with Gasteiger partial charge in [-0.1, -0.05) is 40.2 Å². The zero-order valence-corrected chi connectivity index (χ0v) is 11.5. The fourth-order valence-corrected chi connectivity index (χ4v) is 2.02. The van der Waals surface area contributed by atoms with Crippen LogP contribution in [0.3, 0.4) is 0 Å². The Labute approximate surface area is 118 Å². The summed E-state index contributed by atoms with van der Waals surface area (Å²) in [7, 11) is 0. The first-order valence-corrected chi connectivity index (χ1v) is 6.38. The molecule has 0 heterocycles. The third-order valence-electron chi connectivity index (χ3n) is 2.68. The molecule has 5 heteroatoms. The van der Waals surface area contributed by atoms with E-state index in [2.05, 4.69) is 15.9 Å². The van der Waals surface area contributed by atoms with E-state index in [-0.39, 0.29) is 23.5 Å². The van der Waals surface area contributed by atoms with Gasteiger partial charge in [0.1, 0.15) is 0 Å². The molecule has 0 saturated heterocycles. The van der Waals surface area contributed by atoms with E-state index in [9.17, 15) is 14.9 Å². The van der Waals surface area contributed by atoms with Crippen LogP contribution in [0.5, 0.6) is 0 Å². The Kier molecular flexibility index (Phi) is 4.06. The first-order chi connectivity index (χ1) is 9.08. The maximum absolute atomic E-state index is 12.1. The average Bonchev–Trinajstić information content (AvgIpc) is 2.41. The second kappa shape index (κ2) is 5.75. The van der Waals surface area contributed by atoms with Crippen molar-refractivity contribution in [2.45, 2.75) is 6.42 Å². The second-order valence-electron chi connectivity index (χ2n) is 4.00. The van der Waals surface area contributed by atoms with E-state index in [0.717, 1.165) is 10.0 Å². The second-order valence-corrected chi connectivity index (χ2v) is 4.92. The lowest BCUT2D eigenvalue weighted by Gasteiger charge is -2.03. The minimum absolute atomic E-state index is 0.149. The number of rotatable bonds is 4. The molecule has 4 nitrogen and oxygen atoms in total. The van der Waals surface area contributed by atoms with Crippen LogP contribution in [0.4, 0.5) is 5.69 Å². The predicted octanol–water partition coefficient (Wildman–Crippen LogP) is 3.78. The molecule has 0 spiro atoms. The summed E-state index contributed by atoms with van der Waals surface area (Å²) >= 11 is 3.31. The monoisotopic (exact) mass is 319 g/mol. The van der Waals surface area contributed by atoms with Gasteiger partial charge in [-0.25, -0.2) is 0 Å². The minimum Gasteiger partial charge on any atom is -0.294 e. The summed E-state index contributed by atoms with van der Waals surface area (Å²) in [4.78, 5) is 22.4. The highest BCUT2D eigenvalue weighted by molar-refractivity contribution is 9.10. The van der Waals surface area contributed by atoms with Crippen LogP contribution in [0.1, 0.15) is 15.9 Å². The van der Waals surface area contributed by atoms with Crippen molar-refractivity contribution in [3.05, 3.63) is 74.2 Å². The van der Waals surface area contributed by atoms with Gasteiger partial charge in [-0.05, 0) is 23.8 Å². The first kappa shape index (κ1) is 13.4. The van der Waals surface area contributed by atoms with Crippen LogP contribution in [-0.2, 0) is 6.42 Å². The van der Waals surface area contributed by atoms with Crippen molar-refractivity contribution in [3.63, 3.8) is 0 Å². The third-order valence-corrected chi connectivity index (χ3v) is 3.21. The maximum Gasteiger partial charge on any atom is 0.280 e. The summed E-state index contributed by atoms with van der Waals surface area (Å²) in [5, 5.41) is 10.9. The lowest BCUT2D eigenvalue weighted by Crippen LogP contribution is -2.06. The Morgan fingerprint density at radius 2 is 1.74 bits per heavy atom. The number of hydrogen-bond donors (Lipinski definition) is 0. The Morgan fingerprint density at radius 3 is 2.37 bits per heavy atom. The summed E-state index contributed by atoms with van der Waals surface area (Å²) in [6.45, 7) is 0. The molecule has 0 unspecified atom stereocenters. The minimum atomic E-state index is -0.533. The van der Waals surface area contributed by atoms with E-state index in [1.54, 1.807) is 12.1 Å². The molecular formula is C14H10BrNO3.